The number of carbonyl (C=O) groups excluding carboxylic acids is 1. The van der Waals surface area contributed by atoms with Crippen LogP contribution < -0.4 is 9.64 Å². The summed E-state index contributed by atoms with van der Waals surface area (Å²) in [6, 6.07) is 4.64. The van der Waals surface area contributed by atoms with Gasteiger partial charge < -0.3 is 19.5 Å². The summed E-state index contributed by atoms with van der Waals surface area (Å²) in [6.07, 6.45) is 4.76. The lowest BCUT2D eigenvalue weighted by atomic mass is 10.1. The highest BCUT2D eigenvalue weighted by Gasteiger charge is 2.16. The van der Waals surface area contributed by atoms with E-state index in [1.165, 1.54) is 24.2 Å². The second-order valence-electron chi connectivity index (χ2n) is 5.06. The molecule has 1 aromatic carbocycles. The molecule has 0 amide bonds. The number of anilines is 1. The third kappa shape index (κ3) is 6.35. The molecule has 0 atom stereocenters. The molecule has 1 N–H and O–H groups in total. The van der Waals surface area contributed by atoms with Crippen molar-refractivity contribution in [3.05, 3.63) is 59.4 Å². The van der Waals surface area contributed by atoms with Gasteiger partial charge in [-0.15, -0.1) is 0 Å². The average Bonchev–Trinajstić information content (AvgIpc) is 2.58. The third-order valence-corrected chi connectivity index (χ3v) is 3.39. The molecule has 0 saturated carbocycles. The predicted molar refractivity (Wildman–Crippen MR) is 97.2 cm³/mol. The fourth-order valence-electron chi connectivity index (χ4n) is 1.91. The molecule has 6 nitrogen and oxygen atoms in total. The van der Waals surface area contributed by atoms with Crippen molar-refractivity contribution in [1.29, 1.82) is 0 Å². The van der Waals surface area contributed by atoms with E-state index in [4.69, 9.17) is 26.2 Å². The van der Waals surface area contributed by atoms with Crippen molar-refractivity contribution >= 4 is 29.2 Å². The van der Waals surface area contributed by atoms with Crippen LogP contribution in [-0.4, -0.2) is 37.7 Å². The van der Waals surface area contributed by atoms with E-state index >= 15 is 0 Å². The predicted octanol–water partition coefficient (Wildman–Crippen LogP) is 3.59. The van der Waals surface area contributed by atoms with E-state index < -0.39 is 11.9 Å². The highest BCUT2D eigenvalue weighted by atomic mass is 35.5. The van der Waals surface area contributed by atoms with Crippen LogP contribution in [0.3, 0.4) is 0 Å². The molecule has 1 aromatic rings. The normalized spacial score (nSPS) is 11.7. The average molecular weight is 366 g/mol. The number of rotatable bonds is 8. The van der Waals surface area contributed by atoms with Crippen LogP contribution in [0, 0.1) is 0 Å². The van der Waals surface area contributed by atoms with E-state index in [1.807, 2.05) is 0 Å². The highest BCUT2D eigenvalue weighted by Crippen LogP contribution is 2.30. The number of ether oxygens (including phenoxy) is 2. The number of carboxylic acid groups (broad SMARTS) is 1. The Kier molecular flexibility index (Phi) is 7.75. The minimum Gasteiger partial charge on any atom is -0.480 e. The maximum atomic E-state index is 11.7. The molecule has 0 aliphatic heterocycles. The van der Waals surface area contributed by atoms with Crippen molar-refractivity contribution in [1.82, 2.24) is 0 Å². The first kappa shape index (κ1) is 20.3. The van der Waals surface area contributed by atoms with E-state index in [-0.39, 0.29) is 6.54 Å². The van der Waals surface area contributed by atoms with Crippen LogP contribution >= 0.6 is 11.6 Å². The molecule has 1 rings (SSSR count). The maximum Gasteiger partial charge on any atom is 0.337 e. The zero-order valence-corrected chi connectivity index (χ0v) is 15.0. The molecule has 0 fully saturated rings. The first-order valence-corrected chi connectivity index (χ1v) is 7.66. The van der Waals surface area contributed by atoms with Gasteiger partial charge >= 0.3 is 11.9 Å². The van der Waals surface area contributed by atoms with Crippen LogP contribution in [0.5, 0.6) is 5.75 Å². The van der Waals surface area contributed by atoms with Gasteiger partial charge in [0.2, 0.25) is 0 Å². The first-order valence-electron chi connectivity index (χ1n) is 7.28. The van der Waals surface area contributed by atoms with Crippen molar-refractivity contribution in [2.75, 3.05) is 25.6 Å². The van der Waals surface area contributed by atoms with Gasteiger partial charge in [-0.1, -0.05) is 24.3 Å². The van der Waals surface area contributed by atoms with Gasteiger partial charge in [0.1, 0.15) is 18.1 Å². The van der Waals surface area contributed by atoms with Crippen LogP contribution in [0.25, 0.3) is 0 Å². The molecular weight excluding hydrogens is 346 g/mol. The second-order valence-corrected chi connectivity index (χ2v) is 5.50. The highest BCUT2D eigenvalue weighted by molar-refractivity contribution is 6.31. The molecule has 0 aliphatic rings. The van der Waals surface area contributed by atoms with E-state index in [9.17, 15) is 9.59 Å². The minimum atomic E-state index is -1.01. The van der Waals surface area contributed by atoms with Gasteiger partial charge in [-0.05, 0) is 37.3 Å². The molecule has 0 radical (unpaired) electrons. The third-order valence-electron chi connectivity index (χ3n) is 3.11. The number of hydrogen-bond donors (Lipinski definition) is 1. The Hall–Kier alpha value is -2.73. The molecule has 134 valence electrons. The molecule has 0 aliphatic carbocycles. The van der Waals surface area contributed by atoms with Crippen LogP contribution in [0.4, 0.5) is 5.69 Å². The first-order chi connectivity index (χ1) is 11.8. The van der Waals surface area contributed by atoms with E-state index in [0.717, 1.165) is 0 Å². The molecule has 0 aromatic heterocycles. The monoisotopic (exact) mass is 365 g/mol. The second kappa shape index (κ2) is 9.54. The largest absolute Gasteiger partial charge is 0.480 e. The summed E-state index contributed by atoms with van der Waals surface area (Å²) in [6.45, 7) is 5.01. The van der Waals surface area contributed by atoms with Crippen molar-refractivity contribution in [2.24, 2.45) is 0 Å². The Bertz CT molecular complexity index is 724. The van der Waals surface area contributed by atoms with Gasteiger partial charge in [-0.2, -0.15) is 0 Å². The summed E-state index contributed by atoms with van der Waals surface area (Å²) in [4.78, 5) is 24.2. The Morgan fingerprint density at radius 1 is 1.36 bits per heavy atom. The summed E-state index contributed by atoms with van der Waals surface area (Å²) in [7, 11) is 2.86. The molecule has 0 unspecified atom stereocenters. The summed E-state index contributed by atoms with van der Waals surface area (Å²) in [5, 5.41) is 9.45. The number of carboxylic acids is 1. The Labute approximate surface area is 151 Å². The van der Waals surface area contributed by atoms with E-state index in [0.29, 0.717) is 27.8 Å². The molecule has 7 heteroatoms. The van der Waals surface area contributed by atoms with Crippen LogP contribution in [0.15, 0.2) is 53.8 Å². The molecule has 0 saturated heterocycles. The van der Waals surface area contributed by atoms with E-state index in [2.05, 4.69) is 6.58 Å². The fourth-order valence-corrected chi connectivity index (χ4v) is 1.97. The van der Waals surface area contributed by atoms with Gasteiger partial charge in [-0.3, -0.25) is 4.79 Å². The molecule has 0 bridgehead atoms. The quantitative estimate of drug-likeness (QED) is 0.431. The SMILES string of the molecule is C=C/C(Cl)=C\C=C(/C)Oc1ccc(C(=O)OC)cc1N(C)CC(=O)O. The maximum absolute atomic E-state index is 11.7. The zero-order chi connectivity index (χ0) is 19.0. The van der Waals surface area contributed by atoms with E-state index in [1.54, 1.807) is 38.3 Å². The molecule has 25 heavy (non-hydrogen) atoms. The number of aliphatic carboxylic acids is 1. The number of carbonyl (C=O) groups is 2. The number of halogens is 1. The lowest BCUT2D eigenvalue weighted by molar-refractivity contribution is -0.135. The van der Waals surface area contributed by atoms with Gasteiger partial charge in [0.05, 0.1) is 18.4 Å². The molecule has 0 heterocycles. The van der Waals surface area contributed by atoms with Crippen molar-refractivity contribution in [3.63, 3.8) is 0 Å². The number of allylic oxidation sites excluding steroid dienone is 5. The smallest absolute Gasteiger partial charge is 0.337 e. The van der Waals surface area contributed by atoms with Crippen LogP contribution in [0.2, 0.25) is 0 Å². The standard InChI is InChI=1S/C18H20ClNO5/c1-5-14(19)8-6-12(2)25-16-9-7-13(18(23)24-4)10-15(16)20(3)11-17(21)22/h5-10H,1,11H2,2-4H3,(H,21,22)/b12-6+,14-8+. The fraction of sp³-hybridized carbons (Fsp3) is 0.222. The van der Waals surface area contributed by atoms with Crippen molar-refractivity contribution in [3.8, 4) is 5.75 Å². The molecule has 0 spiro atoms. The summed E-state index contributed by atoms with van der Waals surface area (Å²) >= 11 is 5.84. The Morgan fingerprint density at radius 2 is 2.04 bits per heavy atom. The van der Waals surface area contributed by atoms with Gasteiger partial charge in [0.15, 0.2) is 0 Å². The van der Waals surface area contributed by atoms with Crippen molar-refractivity contribution < 1.29 is 24.2 Å². The molecular formula is C18H20ClNO5. The summed E-state index contributed by atoms with van der Waals surface area (Å²) in [5.74, 6) is -0.613. The number of nitrogens with zero attached hydrogens (tertiary/aromatic N) is 1. The van der Waals surface area contributed by atoms with Gasteiger partial charge in [0, 0.05) is 12.1 Å². The summed E-state index contributed by atoms with van der Waals surface area (Å²) in [5.41, 5.74) is 0.732. The number of esters is 1. The Morgan fingerprint density at radius 3 is 2.60 bits per heavy atom. The lowest BCUT2D eigenvalue weighted by Gasteiger charge is -2.21. The number of methoxy groups -OCH3 is 1. The van der Waals surface area contributed by atoms with Gasteiger partial charge in [0.25, 0.3) is 0 Å². The van der Waals surface area contributed by atoms with Crippen molar-refractivity contribution in [2.45, 2.75) is 6.92 Å². The minimum absolute atomic E-state index is 0.258. The number of likely N-dealkylation sites (N-methyl/N-ethyl adjacent to an activating group) is 1. The van der Waals surface area contributed by atoms with Crippen LogP contribution in [-0.2, 0) is 9.53 Å². The Balaban J connectivity index is 3.22. The summed E-state index contributed by atoms with van der Waals surface area (Å²) < 4.78 is 10.4. The van der Waals surface area contributed by atoms with Crippen LogP contribution in [0.1, 0.15) is 17.3 Å². The van der Waals surface area contributed by atoms with Gasteiger partial charge in [-0.25, -0.2) is 4.79 Å². The zero-order valence-electron chi connectivity index (χ0n) is 14.3. The lowest BCUT2D eigenvalue weighted by Crippen LogP contribution is -2.25. The topological polar surface area (TPSA) is 76.1 Å². The number of hydrogen-bond acceptors (Lipinski definition) is 5. The number of benzene rings is 1.